The van der Waals surface area contributed by atoms with Crippen molar-refractivity contribution in [2.75, 3.05) is 5.32 Å². The highest BCUT2D eigenvalue weighted by Gasteiger charge is 2.20. The molecule has 1 unspecified atom stereocenters. The summed E-state index contributed by atoms with van der Waals surface area (Å²) in [6.45, 7) is 6.26. The molecule has 0 saturated heterocycles. The number of nitriles is 1. The number of nitrogens with zero attached hydrogens (tertiary/aromatic N) is 4. The van der Waals surface area contributed by atoms with Gasteiger partial charge in [0, 0.05) is 17.3 Å². The lowest BCUT2D eigenvalue weighted by Gasteiger charge is -2.13. The molecular formula is C22H20ClN5O2S. The topological polar surface area (TPSA) is 92.8 Å². The molecule has 0 fully saturated rings. The first-order chi connectivity index (χ1) is 15.0. The van der Waals surface area contributed by atoms with Crippen LogP contribution in [0.4, 0.5) is 5.69 Å². The molecule has 0 bridgehead atoms. The number of carbonyl (C=O) groups excluding carboxylic acids is 1. The van der Waals surface area contributed by atoms with Gasteiger partial charge in [0.05, 0.1) is 16.9 Å². The third kappa shape index (κ3) is 6.10. The summed E-state index contributed by atoms with van der Waals surface area (Å²) in [4.78, 5) is 12.6. The van der Waals surface area contributed by atoms with Crippen molar-refractivity contribution in [2.24, 2.45) is 0 Å². The van der Waals surface area contributed by atoms with Gasteiger partial charge in [0.25, 0.3) is 0 Å². The van der Waals surface area contributed by atoms with E-state index in [0.29, 0.717) is 39.5 Å². The average molecular weight is 454 g/mol. The second-order valence-electron chi connectivity index (χ2n) is 6.48. The number of benzene rings is 2. The number of thioether (sulfide) groups is 1. The minimum absolute atomic E-state index is 0.202. The van der Waals surface area contributed by atoms with Crippen LogP contribution in [0.25, 0.3) is 0 Å². The molecule has 7 nitrogen and oxygen atoms in total. The van der Waals surface area contributed by atoms with Crippen LogP contribution in [0.5, 0.6) is 5.75 Å². The molecule has 0 spiro atoms. The number of aromatic nitrogens is 3. The Hall–Kier alpha value is -3.28. The van der Waals surface area contributed by atoms with Crippen molar-refractivity contribution in [3.05, 3.63) is 77.6 Å². The molecule has 9 heteroatoms. The summed E-state index contributed by atoms with van der Waals surface area (Å²) in [6.07, 6.45) is 1.73. The van der Waals surface area contributed by atoms with Crippen molar-refractivity contribution in [1.29, 1.82) is 5.26 Å². The number of allylic oxidation sites excluding steroid dienone is 1. The number of nitrogens with one attached hydrogen (secondary N) is 1. The van der Waals surface area contributed by atoms with Gasteiger partial charge < -0.3 is 10.1 Å². The SMILES string of the molecule is C=CCn1c(COc2ccc(Cl)cc2)nnc1SC(C)C(=O)Nc1cccc(C#N)c1. The van der Waals surface area contributed by atoms with Gasteiger partial charge in [-0.2, -0.15) is 5.26 Å². The Balaban J connectivity index is 1.67. The van der Waals surface area contributed by atoms with Crippen LogP contribution in [0.1, 0.15) is 18.3 Å². The smallest absolute Gasteiger partial charge is 0.237 e. The molecule has 0 aliphatic heterocycles. The average Bonchev–Trinajstić information content (AvgIpc) is 3.15. The van der Waals surface area contributed by atoms with Crippen LogP contribution in [0.15, 0.2) is 66.3 Å². The Kier molecular flexibility index (Phi) is 7.70. The lowest BCUT2D eigenvalue weighted by molar-refractivity contribution is -0.115. The van der Waals surface area contributed by atoms with E-state index in [0.717, 1.165) is 0 Å². The van der Waals surface area contributed by atoms with Crippen LogP contribution in [0.3, 0.4) is 0 Å². The van der Waals surface area contributed by atoms with Crippen molar-refractivity contribution in [2.45, 2.75) is 30.5 Å². The molecule has 1 heterocycles. The summed E-state index contributed by atoms with van der Waals surface area (Å²) in [5, 5.41) is 21.0. The molecule has 0 radical (unpaired) electrons. The first-order valence-corrected chi connectivity index (χ1v) is 10.6. The Morgan fingerprint density at radius 2 is 2.13 bits per heavy atom. The molecule has 1 aromatic heterocycles. The van der Waals surface area contributed by atoms with Gasteiger partial charge in [0.1, 0.15) is 12.4 Å². The van der Waals surface area contributed by atoms with Gasteiger partial charge in [-0.05, 0) is 49.4 Å². The minimum Gasteiger partial charge on any atom is -0.486 e. The monoisotopic (exact) mass is 453 g/mol. The Bertz CT molecular complexity index is 1110. The molecule has 158 valence electrons. The number of rotatable bonds is 9. The van der Waals surface area contributed by atoms with Gasteiger partial charge in [-0.15, -0.1) is 16.8 Å². The van der Waals surface area contributed by atoms with E-state index < -0.39 is 5.25 Å². The quantitative estimate of drug-likeness (QED) is 0.373. The largest absolute Gasteiger partial charge is 0.486 e. The van der Waals surface area contributed by atoms with Crippen molar-refractivity contribution < 1.29 is 9.53 Å². The summed E-state index contributed by atoms with van der Waals surface area (Å²) >= 11 is 7.18. The van der Waals surface area contributed by atoms with Crippen molar-refractivity contribution in [3.8, 4) is 11.8 Å². The highest BCUT2D eigenvalue weighted by molar-refractivity contribution is 8.00. The van der Waals surface area contributed by atoms with Gasteiger partial charge in [0.15, 0.2) is 11.0 Å². The molecule has 1 amide bonds. The number of halogens is 1. The molecule has 3 aromatic rings. The Morgan fingerprint density at radius 1 is 1.35 bits per heavy atom. The molecule has 1 atom stereocenters. The van der Waals surface area contributed by atoms with Gasteiger partial charge >= 0.3 is 0 Å². The number of hydrogen-bond donors (Lipinski definition) is 1. The third-order valence-electron chi connectivity index (χ3n) is 4.20. The summed E-state index contributed by atoms with van der Waals surface area (Å²) in [5.74, 6) is 1.08. The van der Waals surface area contributed by atoms with Crippen LogP contribution < -0.4 is 10.1 Å². The normalized spacial score (nSPS) is 11.4. The lowest BCUT2D eigenvalue weighted by Crippen LogP contribution is -2.23. The highest BCUT2D eigenvalue weighted by atomic mass is 35.5. The van der Waals surface area contributed by atoms with Crippen molar-refractivity contribution in [3.63, 3.8) is 0 Å². The van der Waals surface area contributed by atoms with E-state index in [4.69, 9.17) is 21.6 Å². The first kappa shape index (κ1) is 22.4. The second-order valence-corrected chi connectivity index (χ2v) is 8.23. The predicted octanol–water partition coefficient (Wildman–Crippen LogP) is 4.69. The number of anilines is 1. The maximum atomic E-state index is 12.6. The summed E-state index contributed by atoms with van der Waals surface area (Å²) in [7, 11) is 0. The van der Waals surface area contributed by atoms with Gasteiger partial charge in [-0.3, -0.25) is 9.36 Å². The van der Waals surface area contributed by atoms with E-state index in [9.17, 15) is 4.79 Å². The molecule has 0 aliphatic carbocycles. The zero-order valence-electron chi connectivity index (χ0n) is 16.8. The van der Waals surface area contributed by atoms with E-state index in [2.05, 4.69) is 28.2 Å². The Morgan fingerprint density at radius 3 is 2.84 bits per heavy atom. The van der Waals surface area contributed by atoms with E-state index in [-0.39, 0.29) is 12.5 Å². The van der Waals surface area contributed by atoms with Crippen LogP contribution in [0, 0.1) is 11.3 Å². The van der Waals surface area contributed by atoms with E-state index in [1.165, 1.54) is 11.8 Å². The van der Waals surface area contributed by atoms with Gasteiger partial charge in [-0.25, -0.2) is 0 Å². The summed E-state index contributed by atoms with van der Waals surface area (Å²) in [6, 6.07) is 15.9. The fraction of sp³-hybridized carbons (Fsp3) is 0.182. The number of hydrogen-bond acceptors (Lipinski definition) is 6. The fourth-order valence-corrected chi connectivity index (χ4v) is 3.63. The zero-order chi connectivity index (χ0) is 22.2. The fourth-order valence-electron chi connectivity index (χ4n) is 2.63. The van der Waals surface area contributed by atoms with E-state index >= 15 is 0 Å². The van der Waals surface area contributed by atoms with Crippen LogP contribution in [0.2, 0.25) is 5.02 Å². The van der Waals surface area contributed by atoms with Crippen molar-refractivity contribution >= 4 is 35.0 Å². The second kappa shape index (κ2) is 10.7. The molecule has 2 aromatic carbocycles. The molecule has 1 N–H and O–H groups in total. The third-order valence-corrected chi connectivity index (χ3v) is 5.53. The van der Waals surface area contributed by atoms with Gasteiger partial charge in [0.2, 0.25) is 5.91 Å². The first-order valence-electron chi connectivity index (χ1n) is 9.39. The van der Waals surface area contributed by atoms with Crippen LogP contribution in [-0.4, -0.2) is 25.9 Å². The zero-order valence-corrected chi connectivity index (χ0v) is 18.4. The summed E-state index contributed by atoms with van der Waals surface area (Å²) in [5.41, 5.74) is 1.05. The number of amides is 1. The minimum atomic E-state index is -0.441. The Labute approximate surface area is 189 Å². The van der Waals surface area contributed by atoms with Crippen LogP contribution >= 0.6 is 23.4 Å². The lowest BCUT2D eigenvalue weighted by atomic mass is 10.2. The highest BCUT2D eigenvalue weighted by Crippen LogP contribution is 2.25. The van der Waals surface area contributed by atoms with Gasteiger partial charge in [-0.1, -0.05) is 35.5 Å². The maximum absolute atomic E-state index is 12.6. The summed E-state index contributed by atoms with van der Waals surface area (Å²) < 4.78 is 7.62. The van der Waals surface area contributed by atoms with E-state index in [1.54, 1.807) is 61.5 Å². The van der Waals surface area contributed by atoms with Crippen molar-refractivity contribution in [1.82, 2.24) is 14.8 Å². The standard InChI is InChI=1S/C22H20ClN5O2S/c1-3-11-28-20(14-30-19-9-7-17(23)8-10-19)26-27-22(28)31-15(2)21(29)25-18-6-4-5-16(12-18)13-24/h3-10,12,15H,1,11,14H2,2H3,(H,25,29). The molecule has 3 rings (SSSR count). The number of carbonyl (C=O) groups is 1. The van der Waals surface area contributed by atoms with Crippen LogP contribution in [-0.2, 0) is 17.9 Å². The molecule has 31 heavy (non-hydrogen) atoms. The number of ether oxygens (including phenoxy) is 1. The molecular weight excluding hydrogens is 434 g/mol. The molecule has 0 saturated carbocycles. The molecule has 0 aliphatic rings. The maximum Gasteiger partial charge on any atom is 0.237 e. The predicted molar refractivity (Wildman–Crippen MR) is 121 cm³/mol. The van der Waals surface area contributed by atoms with E-state index in [1.807, 2.05) is 4.57 Å².